The third-order valence-electron chi connectivity index (χ3n) is 4.71. The summed E-state index contributed by atoms with van der Waals surface area (Å²) in [6, 6.07) is 20.0. The Hall–Kier alpha value is -3.06. The molecule has 0 fully saturated rings. The van der Waals surface area contributed by atoms with E-state index in [1.807, 2.05) is 49.4 Å². The molecule has 2 aromatic carbocycles. The average Bonchev–Trinajstić information content (AvgIpc) is 2.76. The Bertz CT molecular complexity index is 1060. The predicted molar refractivity (Wildman–Crippen MR) is 113 cm³/mol. The number of benzene rings is 2. The number of amides is 1. The third kappa shape index (κ3) is 4.86. The van der Waals surface area contributed by atoms with Gasteiger partial charge in [0.25, 0.3) is 0 Å². The van der Waals surface area contributed by atoms with Crippen molar-refractivity contribution in [3.63, 3.8) is 0 Å². The van der Waals surface area contributed by atoms with Crippen LogP contribution >= 0.6 is 0 Å². The second kappa shape index (κ2) is 8.96. The molecule has 0 aliphatic rings. The van der Waals surface area contributed by atoms with Crippen molar-refractivity contribution in [1.29, 1.82) is 0 Å². The standard InChI is InChI=1S/C22H23N3O3S/c1-3-19(16-8-6-5-7-9-16)22(26)23-18-12-10-17(11-13-18)20-14-15-21(25-24-20)29(27,28)4-2/h5-15,19H,3-4H2,1-2H3,(H,23,26). The Kier molecular flexibility index (Phi) is 6.39. The summed E-state index contributed by atoms with van der Waals surface area (Å²) in [5.41, 5.74) is 3.02. The lowest BCUT2D eigenvalue weighted by molar-refractivity contribution is -0.117. The van der Waals surface area contributed by atoms with E-state index < -0.39 is 9.84 Å². The van der Waals surface area contributed by atoms with Crippen LogP contribution in [0.15, 0.2) is 71.8 Å². The second-order valence-corrected chi connectivity index (χ2v) is 8.82. The highest BCUT2D eigenvalue weighted by Crippen LogP contribution is 2.23. The summed E-state index contributed by atoms with van der Waals surface area (Å²) in [7, 11) is -3.37. The highest BCUT2D eigenvalue weighted by Gasteiger charge is 2.18. The third-order valence-corrected chi connectivity index (χ3v) is 6.33. The zero-order valence-electron chi connectivity index (χ0n) is 16.4. The van der Waals surface area contributed by atoms with E-state index in [0.29, 0.717) is 17.8 Å². The predicted octanol–water partition coefficient (Wildman–Crippen LogP) is 4.07. The molecule has 0 bridgehead atoms. The summed E-state index contributed by atoms with van der Waals surface area (Å²) in [5.74, 6) is -0.285. The van der Waals surface area contributed by atoms with E-state index in [2.05, 4.69) is 15.5 Å². The van der Waals surface area contributed by atoms with Gasteiger partial charge < -0.3 is 5.32 Å². The van der Waals surface area contributed by atoms with Crippen LogP contribution in [0.25, 0.3) is 11.3 Å². The van der Waals surface area contributed by atoms with E-state index in [0.717, 1.165) is 11.1 Å². The number of hydrogen-bond acceptors (Lipinski definition) is 5. The molecule has 3 rings (SSSR count). The number of carbonyl (C=O) groups excluding carboxylic acids is 1. The van der Waals surface area contributed by atoms with Crippen molar-refractivity contribution in [3.05, 3.63) is 72.3 Å². The summed E-state index contributed by atoms with van der Waals surface area (Å²) in [4.78, 5) is 12.7. The fraction of sp³-hybridized carbons (Fsp3) is 0.227. The molecular weight excluding hydrogens is 386 g/mol. The normalized spacial score (nSPS) is 12.3. The Labute approximate surface area is 170 Å². The van der Waals surface area contributed by atoms with Gasteiger partial charge in [-0.05, 0) is 36.2 Å². The average molecular weight is 410 g/mol. The molecule has 7 heteroatoms. The molecule has 3 aromatic rings. The van der Waals surface area contributed by atoms with E-state index in [1.54, 1.807) is 25.1 Å². The maximum absolute atomic E-state index is 12.7. The van der Waals surface area contributed by atoms with Gasteiger partial charge in [0.2, 0.25) is 5.91 Å². The van der Waals surface area contributed by atoms with Crippen LogP contribution in [0.4, 0.5) is 5.69 Å². The molecule has 150 valence electrons. The molecule has 0 aliphatic carbocycles. The van der Waals surface area contributed by atoms with E-state index >= 15 is 0 Å². The van der Waals surface area contributed by atoms with Gasteiger partial charge in [0, 0.05) is 11.3 Å². The maximum Gasteiger partial charge on any atom is 0.231 e. The van der Waals surface area contributed by atoms with Crippen LogP contribution in [0.3, 0.4) is 0 Å². The molecule has 1 atom stereocenters. The summed E-state index contributed by atoms with van der Waals surface area (Å²) < 4.78 is 23.7. The topological polar surface area (TPSA) is 89.0 Å². The molecule has 0 spiro atoms. The second-order valence-electron chi connectivity index (χ2n) is 6.60. The molecule has 6 nitrogen and oxygen atoms in total. The van der Waals surface area contributed by atoms with Crippen molar-refractivity contribution in [3.8, 4) is 11.3 Å². The number of rotatable bonds is 7. The molecule has 1 N–H and O–H groups in total. The van der Waals surface area contributed by atoms with Gasteiger partial charge in [-0.25, -0.2) is 8.42 Å². The Morgan fingerprint density at radius 2 is 1.62 bits per heavy atom. The van der Waals surface area contributed by atoms with Gasteiger partial charge in [-0.3, -0.25) is 4.79 Å². The SMILES string of the molecule is CCC(C(=O)Nc1ccc(-c2ccc(S(=O)(=O)CC)nn2)cc1)c1ccccc1. The lowest BCUT2D eigenvalue weighted by atomic mass is 9.95. The molecule has 1 unspecified atom stereocenters. The van der Waals surface area contributed by atoms with E-state index in [-0.39, 0.29) is 22.6 Å². The summed E-state index contributed by atoms with van der Waals surface area (Å²) >= 11 is 0. The van der Waals surface area contributed by atoms with Crippen molar-refractivity contribution in [2.75, 3.05) is 11.1 Å². The fourth-order valence-electron chi connectivity index (χ4n) is 3.00. The summed E-state index contributed by atoms with van der Waals surface area (Å²) in [6.45, 7) is 3.56. The van der Waals surface area contributed by atoms with Crippen molar-refractivity contribution >= 4 is 21.4 Å². The van der Waals surface area contributed by atoms with Crippen LogP contribution in [0.1, 0.15) is 31.7 Å². The Morgan fingerprint density at radius 1 is 0.931 bits per heavy atom. The molecule has 0 saturated carbocycles. The van der Waals surface area contributed by atoms with Gasteiger partial charge in [-0.2, -0.15) is 0 Å². The Balaban J connectivity index is 1.72. The minimum absolute atomic E-state index is 0.0167. The van der Waals surface area contributed by atoms with Crippen molar-refractivity contribution in [1.82, 2.24) is 10.2 Å². The minimum atomic E-state index is -3.37. The van der Waals surface area contributed by atoms with Crippen LogP contribution in [0, 0.1) is 0 Å². The zero-order valence-corrected chi connectivity index (χ0v) is 17.2. The molecule has 1 aromatic heterocycles. The fourth-order valence-corrected chi connectivity index (χ4v) is 3.74. The first kappa shape index (κ1) is 20.7. The van der Waals surface area contributed by atoms with Crippen molar-refractivity contribution < 1.29 is 13.2 Å². The molecule has 0 radical (unpaired) electrons. The highest BCUT2D eigenvalue weighted by atomic mass is 32.2. The lowest BCUT2D eigenvalue weighted by Crippen LogP contribution is -2.20. The van der Waals surface area contributed by atoms with Gasteiger partial charge >= 0.3 is 0 Å². The molecule has 29 heavy (non-hydrogen) atoms. The summed E-state index contributed by atoms with van der Waals surface area (Å²) in [6.07, 6.45) is 0.705. The lowest BCUT2D eigenvalue weighted by Gasteiger charge is -2.15. The van der Waals surface area contributed by atoms with Crippen LogP contribution in [0.2, 0.25) is 0 Å². The zero-order chi connectivity index (χ0) is 20.9. The van der Waals surface area contributed by atoms with Crippen molar-refractivity contribution in [2.45, 2.75) is 31.2 Å². The van der Waals surface area contributed by atoms with E-state index in [4.69, 9.17) is 0 Å². The first-order valence-corrected chi connectivity index (χ1v) is 11.1. The number of carbonyl (C=O) groups is 1. The largest absolute Gasteiger partial charge is 0.326 e. The Morgan fingerprint density at radius 3 is 2.17 bits per heavy atom. The van der Waals surface area contributed by atoms with E-state index in [9.17, 15) is 13.2 Å². The van der Waals surface area contributed by atoms with Crippen LogP contribution in [0.5, 0.6) is 0 Å². The summed E-state index contributed by atoms with van der Waals surface area (Å²) in [5, 5.41) is 10.8. The number of nitrogens with one attached hydrogen (secondary N) is 1. The number of sulfone groups is 1. The smallest absolute Gasteiger partial charge is 0.231 e. The van der Waals surface area contributed by atoms with Gasteiger partial charge in [0.05, 0.1) is 17.4 Å². The minimum Gasteiger partial charge on any atom is -0.326 e. The number of hydrogen-bond donors (Lipinski definition) is 1. The van der Waals surface area contributed by atoms with E-state index in [1.165, 1.54) is 6.07 Å². The molecule has 1 heterocycles. The van der Waals surface area contributed by atoms with Crippen molar-refractivity contribution in [2.24, 2.45) is 0 Å². The van der Waals surface area contributed by atoms with Crippen LogP contribution in [-0.2, 0) is 14.6 Å². The van der Waals surface area contributed by atoms with Crippen LogP contribution < -0.4 is 5.32 Å². The molecule has 1 amide bonds. The van der Waals surface area contributed by atoms with Gasteiger partial charge in [-0.15, -0.1) is 10.2 Å². The van der Waals surface area contributed by atoms with Crippen LogP contribution in [-0.4, -0.2) is 30.3 Å². The number of aromatic nitrogens is 2. The quantitative estimate of drug-likeness (QED) is 0.635. The highest BCUT2D eigenvalue weighted by molar-refractivity contribution is 7.91. The first-order valence-electron chi connectivity index (χ1n) is 9.47. The van der Waals surface area contributed by atoms with Gasteiger partial charge in [0.15, 0.2) is 14.9 Å². The number of anilines is 1. The molecule has 0 aliphatic heterocycles. The monoisotopic (exact) mass is 409 g/mol. The number of nitrogens with zero attached hydrogens (tertiary/aromatic N) is 2. The first-order chi connectivity index (χ1) is 13.9. The maximum atomic E-state index is 12.7. The van der Waals surface area contributed by atoms with Gasteiger partial charge in [0.1, 0.15) is 0 Å². The molecular formula is C22H23N3O3S. The van der Waals surface area contributed by atoms with Gasteiger partial charge in [-0.1, -0.05) is 56.3 Å². The molecule has 0 saturated heterocycles.